The molecule has 0 radical (unpaired) electrons. The van der Waals surface area contributed by atoms with Gasteiger partial charge in [-0.25, -0.2) is 0 Å². The highest BCUT2D eigenvalue weighted by Gasteiger charge is 2.33. The topological polar surface area (TPSA) is 52.7 Å². The summed E-state index contributed by atoms with van der Waals surface area (Å²) in [5, 5.41) is 14.7. The van der Waals surface area contributed by atoms with Crippen molar-refractivity contribution in [2.75, 3.05) is 37.7 Å². The van der Waals surface area contributed by atoms with Crippen molar-refractivity contribution >= 4 is 16.8 Å². The van der Waals surface area contributed by atoms with Gasteiger partial charge in [-0.2, -0.15) is 0 Å². The highest BCUT2D eigenvalue weighted by atomic mass is 16.5. The minimum absolute atomic E-state index is 0.320. The Morgan fingerprint density at radius 3 is 3.00 bits per heavy atom. The number of aliphatic hydroxyl groups is 1. The lowest BCUT2D eigenvalue weighted by Gasteiger charge is -2.46. The van der Waals surface area contributed by atoms with Gasteiger partial charge in [-0.05, 0) is 30.9 Å². The molecule has 5 nitrogen and oxygen atoms in total. The van der Waals surface area contributed by atoms with Crippen molar-refractivity contribution < 1.29 is 9.63 Å². The highest BCUT2D eigenvalue weighted by molar-refractivity contribution is 5.88. The standard InChI is InChI=1S/C16H21N3O2/c20-11-12-5-6-13-10-19(8-7-18(13)9-12)16-14-3-1-2-4-15(14)21-17-16/h1-4,12-13,20H,5-11H2/t12-,13+/m1/s1. The lowest BCUT2D eigenvalue weighted by atomic mass is 9.91. The Kier molecular flexibility index (Phi) is 3.31. The number of benzene rings is 1. The fourth-order valence-electron chi connectivity index (χ4n) is 3.70. The van der Waals surface area contributed by atoms with Gasteiger partial charge in [0.15, 0.2) is 11.4 Å². The summed E-state index contributed by atoms with van der Waals surface area (Å²) in [6.07, 6.45) is 2.29. The molecule has 0 aliphatic carbocycles. The molecule has 1 N–H and O–H groups in total. The normalized spacial score (nSPS) is 27.0. The smallest absolute Gasteiger partial charge is 0.180 e. The van der Waals surface area contributed by atoms with E-state index < -0.39 is 0 Å². The lowest BCUT2D eigenvalue weighted by molar-refractivity contribution is 0.0672. The van der Waals surface area contributed by atoms with Gasteiger partial charge < -0.3 is 14.5 Å². The lowest BCUT2D eigenvalue weighted by Crippen LogP contribution is -2.57. The minimum atomic E-state index is 0.320. The molecule has 0 unspecified atom stereocenters. The Hall–Kier alpha value is -1.59. The molecule has 2 aromatic rings. The first-order valence-corrected chi connectivity index (χ1v) is 7.79. The quantitative estimate of drug-likeness (QED) is 0.911. The van der Waals surface area contributed by atoms with Crippen molar-refractivity contribution in [3.63, 3.8) is 0 Å². The second-order valence-corrected chi connectivity index (χ2v) is 6.22. The summed E-state index contributed by atoms with van der Waals surface area (Å²) >= 11 is 0. The van der Waals surface area contributed by atoms with E-state index in [4.69, 9.17) is 4.52 Å². The van der Waals surface area contributed by atoms with Crippen LogP contribution in [0.3, 0.4) is 0 Å². The van der Waals surface area contributed by atoms with Gasteiger partial charge in [-0.15, -0.1) is 0 Å². The fraction of sp³-hybridized carbons (Fsp3) is 0.562. The summed E-state index contributed by atoms with van der Waals surface area (Å²) in [6.45, 7) is 4.39. The summed E-state index contributed by atoms with van der Waals surface area (Å²) in [6, 6.07) is 8.64. The van der Waals surface area contributed by atoms with Crippen molar-refractivity contribution in [3.8, 4) is 0 Å². The molecule has 2 atom stereocenters. The molecule has 4 rings (SSSR count). The van der Waals surface area contributed by atoms with E-state index in [-0.39, 0.29) is 0 Å². The molecule has 2 aliphatic heterocycles. The maximum Gasteiger partial charge on any atom is 0.180 e. The van der Waals surface area contributed by atoms with Crippen molar-refractivity contribution in [3.05, 3.63) is 24.3 Å². The third kappa shape index (κ3) is 2.30. The maximum absolute atomic E-state index is 9.34. The Balaban J connectivity index is 1.54. The largest absolute Gasteiger partial charge is 0.396 e. The van der Waals surface area contributed by atoms with Gasteiger partial charge in [-0.1, -0.05) is 17.3 Å². The van der Waals surface area contributed by atoms with Gasteiger partial charge in [0.1, 0.15) is 0 Å². The molecular weight excluding hydrogens is 266 g/mol. The predicted molar refractivity (Wildman–Crippen MR) is 81.4 cm³/mol. The first kappa shape index (κ1) is 13.1. The average Bonchev–Trinajstić information content (AvgIpc) is 2.98. The Labute approximate surface area is 124 Å². The van der Waals surface area contributed by atoms with Crippen LogP contribution in [0.2, 0.25) is 0 Å². The second kappa shape index (κ2) is 5.31. The van der Waals surface area contributed by atoms with Crippen molar-refractivity contribution in [1.82, 2.24) is 10.1 Å². The molecule has 2 fully saturated rings. The number of aliphatic hydroxyl groups excluding tert-OH is 1. The van der Waals surface area contributed by atoms with Crippen LogP contribution in [0.15, 0.2) is 28.8 Å². The third-order valence-electron chi connectivity index (χ3n) is 4.92. The first-order valence-electron chi connectivity index (χ1n) is 7.79. The number of hydrogen-bond donors (Lipinski definition) is 1. The molecule has 0 bridgehead atoms. The Morgan fingerprint density at radius 2 is 2.10 bits per heavy atom. The summed E-state index contributed by atoms with van der Waals surface area (Å²) < 4.78 is 5.43. The van der Waals surface area contributed by atoms with Crippen LogP contribution < -0.4 is 4.90 Å². The van der Waals surface area contributed by atoms with Gasteiger partial charge in [-0.3, -0.25) is 4.90 Å². The van der Waals surface area contributed by atoms with Gasteiger partial charge in [0, 0.05) is 38.8 Å². The number of para-hydroxylation sites is 1. The zero-order chi connectivity index (χ0) is 14.2. The third-order valence-corrected chi connectivity index (χ3v) is 4.92. The molecule has 0 spiro atoms. The van der Waals surface area contributed by atoms with Gasteiger partial charge in [0.25, 0.3) is 0 Å². The minimum Gasteiger partial charge on any atom is -0.396 e. The zero-order valence-electron chi connectivity index (χ0n) is 12.1. The van der Waals surface area contributed by atoms with Crippen LogP contribution in [-0.4, -0.2) is 54.0 Å². The molecule has 2 aliphatic rings. The number of piperidine rings is 1. The summed E-state index contributed by atoms with van der Waals surface area (Å²) in [5.74, 6) is 1.44. The van der Waals surface area contributed by atoms with Crippen molar-refractivity contribution in [2.24, 2.45) is 5.92 Å². The van der Waals surface area contributed by atoms with E-state index in [1.807, 2.05) is 18.2 Å². The second-order valence-electron chi connectivity index (χ2n) is 6.22. The molecular formula is C16H21N3O2. The zero-order valence-corrected chi connectivity index (χ0v) is 12.1. The van der Waals surface area contributed by atoms with E-state index in [1.54, 1.807) is 0 Å². The van der Waals surface area contributed by atoms with E-state index in [2.05, 4.69) is 21.0 Å². The molecule has 112 valence electrons. The van der Waals surface area contributed by atoms with Crippen molar-refractivity contribution in [2.45, 2.75) is 18.9 Å². The van der Waals surface area contributed by atoms with E-state index in [1.165, 1.54) is 0 Å². The number of fused-ring (bicyclic) bond motifs is 2. The van der Waals surface area contributed by atoms with Crippen LogP contribution >= 0.6 is 0 Å². The Morgan fingerprint density at radius 1 is 1.19 bits per heavy atom. The van der Waals surface area contributed by atoms with E-state index in [0.717, 1.165) is 55.8 Å². The van der Waals surface area contributed by atoms with Crippen LogP contribution in [0, 0.1) is 5.92 Å². The SMILES string of the molecule is OC[C@@H]1CC[C@H]2CN(c3noc4ccccc34)CCN2C1. The number of rotatable bonds is 2. The number of piperazine rings is 1. The molecule has 21 heavy (non-hydrogen) atoms. The molecule has 3 heterocycles. The van der Waals surface area contributed by atoms with Gasteiger partial charge >= 0.3 is 0 Å². The van der Waals surface area contributed by atoms with Crippen LogP contribution in [0.25, 0.3) is 11.0 Å². The number of hydrogen-bond acceptors (Lipinski definition) is 5. The van der Waals surface area contributed by atoms with E-state index in [0.29, 0.717) is 18.6 Å². The molecule has 5 heteroatoms. The fourth-order valence-corrected chi connectivity index (χ4v) is 3.70. The number of aromatic nitrogens is 1. The number of nitrogens with zero attached hydrogens (tertiary/aromatic N) is 3. The monoisotopic (exact) mass is 287 g/mol. The molecule has 0 saturated carbocycles. The first-order chi connectivity index (χ1) is 10.3. The Bertz CT molecular complexity index is 627. The van der Waals surface area contributed by atoms with Crippen LogP contribution in [-0.2, 0) is 0 Å². The molecule has 1 aromatic heterocycles. The van der Waals surface area contributed by atoms with Crippen molar-refractivity contribution in [1.29, 1.82) is 0 Å². The average molecular weight is 287 g/mol. The predicted octanol–water partition coefficient (Wildman–Crippen LogP) is 1.72. The summed E-state index contributed by atoms with van der Waals surface area (Å²) in [7, 11) is 0. The molecule has 1 aromatic carbocycles. The summed E-state index contributed by atoms with van der Waals surface area (Å²) in [5.41, 5.74) is 0.860. The maximum atomic E-state index is 9.34. The van der Waals surface area contributed by atoms with Gasteiger partial charge in [0.2, 0.25) is 0 Å². The van der Waals surface area contributed by atoms with Crippen LogP contribution in [0.5, 0.6) is 0 Å². The molecule has 2 saturated heterocycles. The van der Waals surface area contributed by atoms with Crippen LogP contribution in [0.4, 0.5) is 5.82 Å². The number of anilines is 1. The molecule has 0 amide bonds. The van der Waals surface area contributed by atoms with E-state index in [9.17, 15) is 5.11 Å². The van der Waals surface area contributed by atoms with Gasteiger partial charge in [0.05, 0.1) is 5.39 Å². The highest BCUT2D eigenvalue weighted by Crippen LogP contribution is 2.30. The summed E-state index contributed by atoms with van der Waals surface area (Å²) in [4.78, 5) is 4.88. The van der Waals surface area contributed by atoms with Crippen LogP contribution in [0.1, 0.15) is 12.8 Å². The van der Waals surface area contributed by atoms with E-state index >= 15 is 0 Å².